The zero-order chi connectivity index (χ0) is 32.6. The molecule has 1 aliphatic heterocycles. The number of ether oxygens (including phenoxy) is 1. The number of carbonyl (C=O) groups is 4. The number of hydrogen-bond acceptors (Lipinski definition) is 7. The van der Waals surface area contributed by atoms with Crippen LogP contribution in [0.25, 0.3) is 6.08 Å². The predicted octanol–water partition coefficient (Wildman–Crippen LogP) is 7.21. The maximum Gasteiger partial charge on any atom is 0.338 e. The molecule has 46 heavy (non-hydrogen) atoms. The zero-order valence-corrected chi connectivity index (χ0v) is 26.7. The van der Waals surface area contributed by atoms with Gasteiger partial charge in [-0.15, -0.1) is 0 Å². The van der Waals surface area contributed by atoms with E-state index in [0.717, 1.165) is 17.3 Å². The summed E-state index contributed by atoms with van der Waals surface area (Å²) in [6.45, 7) is 1.48. The lowest BCUT2D eigenvalue weighted by Gasteiger charge is -2.18. The largest absolute Gasteiger partial charge is 0.452 e. The molecule has 2 N–H and O–H groups in total. The molecule has 0 radical (unpaired) electrons. The number of esters is 1. The molecule has 0 aromatic heterocycles. The van der Waals surface area contributed by atoms with Gasteiger partial charge in [0, 0.05) is 21.4 Å². The van der Waals surface area contributed by atoms with Crippen LogP contribution in [0.2, 0.25) is 10.0 Å². The first-order valence-electron chi connectivity index (χ1n) is 13.9. The van der Waals surface area contributed by atoms with Gasteiger partial charge in [0.15, 0.2) is 11.8 Å². The van der Waals surface area contributed by atoms with Crippen LogP contribution in [0, 0.1) is 6.92 Å². The first-order valence-corrected chi connectivity index (χ1v) is 15.6. The summed E-state index contributed by atoms with van der Waals surface area (Å²) in [5.41, 5.74) is 3.77. The molecule has 4 aromatic rings. The summed E-state index contributed by atoms with van der Waals surface area (Å²) in [5.74, 6) is -1.79. The Hall–Kier alpha value is -4.90. The molecule has 5 rings (SSSR count). The molecular formula is C34H26Cl2N4O5S. The quantitative estimate of drug-likeness (QED) is 0.143. The molecule has 0 atom stereocenters. The van der Waals surface area contributed by atoms with Gasteiger partial charge < -0.3 is 15.4 Å². The maximum absolute atomic E-state index is 13.5. The van der Waals surface area contributed by atoms with E-state index in [-0.39, 0.29) is 28.8 Å². The molecule has 1 aliphatic rings. The summed E-state index contributed by atoms with van der Waals surface area (Å²) in [6, 6.07) is 27.0. The minimum absolute atomic E-state index is 0.0128. The fourth-order valence-corrected chi connectivity index (χ4v) is 5.26. The van der Waals surface area contributed by atoms with Gasteiger partial charge in [0.05, 0.1) is 17.0 Å². The molecule has 0 bridgehead atoms. The minimum atomic E-state index is -0.679. The minimum Gasteiger partial charge on any atom is -0.452 e. The van der Waals surface area contributed by atoms with E-state index in [2.05, 4.69) is 15.6 Å². The van der Waals surface area contributed by atoms with Crippen molar-refractivity contribution in [2.24, 2.45) is 4.99 Å². The molecule has 1 heterocycles. The van der Waals surface area contributed by atoms with Crippen molar-refractivity contribution < 1.29 is 23.9 Å². The third kappa shape index (κ3) is 8.63. The van der Waals surface area contributed by atoms with Crippen molar-refractivity contribution in [2.45, 2.75) is 6.92 Å². The van der Waals surface area contributed by atoms with Crippen LogP contribution in [0.1, 0.15) is 21.5 Å². The van der Waals surface area contributed by atoms with Crippen molar-refractivity contribution >= 4 is 87.0 Å². The highest BCUT2D eigenvalue weighted by Gasteiger charge is 2.32. The molecule has 12 heteroatoms. The van der Waals surface area contributed by atoms with Crippen molar-refractivity contribution in [1.82, 2.24) is 0 Å². The number of aryl methyl sites for hydroxylation is 1. The number of amidine groups is 1. The summed E-state index contributed by atoms with van der Waals surface area (Å²) in [5, 5.41) is 6.87. The van der Waals surface area contributed by atoms with Gasteiger partial charge in [-0.1, -0.05) is 64.8 Å². The topological polar surface area (TPSA) is 117 Å². The Morgan fingerprint density at radius 1 is 0.804 bits per heavy atom. The van der Waals surface area contributed by atoms with Gasteiger partial charge in [0.2, 0.25) is 5.91 Å². The fraction of sp³-hybridized carbons (Fsp3) is 0.0882. The SMILES string of the molecule is Cc1ccc(N2C(=O)/C(=C\c3ccc(C(=O)OCC(=O)Nc4ccc(Cl)cc4)cc3)N=C2SCC(=O)Nc2ccc(Cl)cc2)cc1. The zero-order valence-electron chi connectivity index (χ0n) is 24.3. The number of amides is 3. The first kappa shape index (κ1) is 32.5. The maximum atomic E-state index is 13.5. The van der Waals surface area contributed by atoms with Crippen LogP contribution < -0.4 is 15.5 Å². The Kier molecular flexibility index (Phi) is 10.5. The van der Waals surface area contributed by atoms with Crippen molar-refractivity contribution in [1.29, 1.82) is 0 Å². The molecule has 0 spiro atoms. The number of halogens is 2. The third-order valence-electron chi connectivity index (χ3n) is 6.49. The molecule has 9 nitrogen and oxygen atoms in total. The summed E-state index contributed by atoms with van der Waals surface area (Å²) in [7, 11) is 0. The number of carbonyl (C=O) groups excluding carboxylic acids is 4. The molecule has 3 amide bonds. The number of anilines is 3. The normalized spacial score (nSPS) is 13.4. The van der Waals surface area contributed by atoms with E-state index in [1.807, 2.05) is 31.2 Å². The molecule has 4 aromatic carbocycles. The average Bonchev–Trinajstić information content (AvgIpc) is 3.36. The summed E-state index contributed by atoms with van der Waals surface area (Å²) in [6.07, 6.45) is 1.60. The van der Waals surface area contributed by atoms with Gasteiger partial charge in [-0.25, -0.2) is 9.79 Å². The second-order valence-corrected chi connectivity index (χ2v) is 11.8. The van der Waals surface area contributed by atoms with Crippen LogP contribution >= 0.6 is 35.0 Å². The van der Waals surface area contributed by atoms with Crippen molar-refractivity contribution in [3.05, 3.63) is 129 Å². The average molecular weight is 674 g/mol. The standard InChI is InChI=1S/C34H26Cl2N4O5S/c1-21-2-16-28(17-3-21)40-32(43)29(39-34(40)46-20-31(42)38-27-14-10-25(36)11-15-27)18-22-4-6-23(7-5-22)33(44)45-19-30(41)37-26-12-8-24(35)9-13-26/h2-18H,19-20H2,1H3,(H,37,41)(H,38,42)/b29-18+. The van der Waals surface area contributed by atoms with Gasteiger partial charge >= 0.3 is 5.97 Å². The Balaban J connectivity index is 1.25. The summed E-state index contributed by atoms with van der Waals surface area (Å²) in [4.78, 5) is 56.9. The second-order valence-electron chi connectivity index (χ2n) is 10.00. The van der Waals surface area contributed by atoms with E-state index in [1.165, 1.54) is 17.0 Å². The van der Waals surface area contributed by atoms with Gasteiger partial charge in [0.25, 0.3) is 11.8 Å². The highest BCUT2D eigenvalue weighted by molar-refractivity contribution is 8.14. The van der Waals surface area contributed by atoms with Crippen molar-refractivity contribution in [2.75, 3.05) is 27.9 Å². The Morgan fingerprint density at radius 2 is 1.37 bits per heavy atom. The lowest BCUT2D eigenvalue weighted by atomic mass is 10.1. The highest BCUT2D eigenvalue weighted by Crippen LogP contribution is 2.30. The molecule has 0 aliphatic carbocycles. The lowest BCUT2D eigenvalue weighted by molar-refractivity contribution is -0.119. The van der Waals surface area contributed by atoms with E-state index in [0.29, 0.717) is 37.8 Å². The number of hydrogen-bond donors (Lipinski definition) is 2. The van der Waals surface area contributed by atoms with Crippen LogP contribution in [0.15, 0.2) is 108 Å². The number of aliphatic imine (C=N–C) groups is 1. The van der Waals surface area contributed by atoms with Gasteiger partial charge in [-0.2, -0.15) is 0 Å². The molecular weight excluding hydrogens is 647 g/mol. The van der Waals surface area contributed by atoms with E-state index < -0.39 is 18.5 Å². The van der Waals surface area contributed by atoms with Crippen LogP contribution in [-0.2, 0) is 19.1 Å². The molecule has 232 valence electrons. The van der Waals surface area contributed by atoms with E-state index >= 15 is 0 Å². The summed E-state index contributed by atoms with van der Waals surface area (Å²) >= 11 is 12.9. The third-order valence-corrected chi connectivity index (χ3v) is 7.94. The molecule has 0 saturated carbocycles. The van der Waals surface area contributed by atoms with Crippen LogP contribution in [0.5, 0.6) is 0 Å². The molecule has 0 unspecified atom stereocenters. The highest BCUT2D eigenvalue weighted by atomic mass is 35.5. The monoisotopic (exact) mass is 672 g/mol. The Bertz CT molecular complexity index is 1830. The smallest absolute Gasteiger partial charge is 0.338 e. The second kappa shape index (κ2) is 14.9. The van der Waals surface area contributed by atoms with E-state index in [4.69, 9.17) is 27.9 Å². The van der Waals surface area contributed by atoms with Gasteiger partial charge in [-0.05, 0) is 91.4 Å². The number of nitrogens with one attached hydrogen (secondary N) is 2. The number of rotatable bonds is 9. The number of benzene rings is 4. The van der Waals surface area contributed by atoms with Crippen molar-refractivity contribution in [3.8, 4) is 0 Å². The molecule has 0 fully saturated rings. The van der Waals surface area contributed by atoms with Crippen LogP contribution in [0.4, 0.5) is 17.1 Å². The predicted molar refractivity (Wildman–Crippen MR) is 183 cm³/mol. The number of nitrogens with zero attached hydrogens (tertiary/aromatic N) is 2. The summed E-state index contributed by atoms with van der Waals surface area (Å²) < 4.78 is 5.13. The van der Waals surface area contributed by atoms with Crippen LogP contribution in [0.3, 0.4) is 0 Å². The Morgan fingerprint density at radius 3 is 1.96 bits per heavy atom. The van der Waals surface area contributed by atoms with Gasteiger partial charge in [0.1, 0.15) is 5.70 Å². The fourth-order valence-electron chi connectivity index (χ4n) is 4.19. The van der Waals surface area contributed by atoms with Crippen molar-refractivity contribution in [3.63, 3.8) is 0 Å². The van der Waals surface area contributed by atoms with Gasteiger partial charge in [-0.3, -0.25) is 19.3 Å². The molecule has 0 saturated heterocycles. The van der Waals surface area contributed by atoms with Crippen LogP contribution in [-0.4, -0.2) is 41.2 Å². The first-order chi connectivity index (χ1) is 22.1. The van der Waals surface area contributed by atoms with E-state index in [9.17, 15) is 19.2 Å². The number of thioether (sulfide) groups is 1. The van der Waals surface area contributed by atoms with E-state index in [1.54, 1.807) is 66.7 Å². The Labute approximate surface area is 279 Å². The lowest BCUT2D eigenvalue weighted by Crippen LogP contribution is -2.31.